The first-order chi connectivity index (χ1) is 10.6. The molecule has 0 unspecified atom stereocenters. The van der Waals surface area contributed by atoms with E-state index in [2.05, 4.69) is 15.0 Å². The largest absolute Gasteiger partial charge is 0.486 e. The molecule has 2 aromatic heterocycles. The summed E-state index contributed by atoms with van der Waals surface area (Å²) in [6.45, 7) is 0.340. The van der Waals surface area contributed by atoms with E-state index in [-0.39, 0.29) is 0 Å². The topological polar surface area (TPSA) is 50.8 Å². The number of aromatic amines is 1. The first-order valence-corrected chi connectivity index (χ1v) is 8.23. The van der Waals surface area contributed by atoms with Crippen LogP contribution in [0, 0.1) is 4.77 Å². The normalized spacial score (nSPS) is 10.6. The van der Waals surface area contributed by atoms with Crippen molar-refractivity contribution in [2.45, 2.75) is 6.61 Å². The van der Waals surface area contributed by atoms with Crippen LogP contribution in [-0.4, -0.2) is 15.0 Å². The lowest BCUT2D eigenvalue weighted by Crippen LogP contribution is -1.95. The van der Waals surface area contributed by atoms with E-state index in [1.807, 2.05) is 11.4 Å². The molecule has 0 saturated heterocycles. The highest BCUT2D eigenvalue weighted by Crippen LogP contribution is 2.26. The van der Waals surface area contributed by atoms with E-state index < -0.39 is 0 Å². The summed E-state index contributed by atoms with van der Waals surface area (Å²) in [5.74, 6) is 0.609. The zero-order valence-corrected chi connectivity index (χ0v) is 14.2. The van der Waals surface area contributed by atoms with Crippen molar-refractivity contribution in [3.8, 4) is 17.1 Å². The lowest BCUT2D eigenvalue weighted by molar-refractivity contribution is 0.305. The van der Waals surface area contributed by atoms with Gasteiger partial charge in [0.15, 0.2) is 4.77 Å². The van der Waals surface area contributed by atoms with Gasteiger partial charge in [-0.3, -0.25) is 0 Å². The van der Waals surface area contributed by atoms with Gasteiger partial charge in [0.1, 0.15) is 17.4 Å². The molecule has 22 heavy (non-hydrogen) atoms. The molecule has 3 rings (SSSR count). The van der Waals surface area contributed by atoms with Crippen LogP contribution in [0.25, 0.3) is 11.4 Å². The van der Waals surface area contributed by atoms with Gasteiger partial charge in [-0.2, -0.15) is 0 Å². The number of nitrogens with zero attached hydrogens (tertiary/aromatic N) is 2. The quantitative estimate of drug-likeness (QED) is 0.646. The summed E-state index contributed by atoms with van der Waals surface area (Å²) in [4.78, 5) is 11.5. The molecule has 0 saturated carbocycles. The summed E-state index contributed by atoms with van der Waals surface area (Å²) >= 11 is 18.4. The number of hydrogen-bond acceptors (Lipinski definition) is 5. The zero-order chi connectivity index (χ0) is 15.5. The molecule has 0 aliphatic heterocycles. The summed E-state index contributed by atoms with van der Waals surface area (Å²) in [7, 11) is 0. The van der Waals surface area contributed by atoms with Gasteiger partial charge in [0.05, 0.1) is 11.4 Å². The molecule has 112 valence electrons. The summed E-state index contributed by atoms with van der Waals surface area (Å²) in [5, 5.41) is 3.84. The number of H-pyrrole nitrogens is 1. The summed E-state index contributed by atoms with van der Waals surface area (Å²) in [5.41, 5.74) is 1.63. The van der Waals surface area contributed by atoms with Gasteiger partial charge in [0, 0.05) is 21.6 Å². The second-order valence-corrected chi connectivity index (χ2v) is 6.51. The Hall–Kier alpha value is -1.47. The van der Waals surface area contributed by atoms with Crippen molar-refractivity contribution in [3.05, 3.63) is 55.7 Å². The molecule has 0 bridgehead atoms. The monoisotopic (exact) mass is 369 g/mol. The Morgan fingerprint density at radius 3 is 2.73 bits per heavy atom. The van der Waals surface area contributed by atoms with Gasteiger partial charge in [-0.1, -0.05) is 23.2 Å². The minimum absolute atomic E-state index is 0.340. The number of benzene rings is 1. The number of ether oxygens (including phenoxy) is 1. The lowest BCUT2D eigenvalue weighted by Gasteiger charge is -2.05. The van der Waals surface area contributed by atoms with Crippen molar-refractivity contribution < 1.29 is 4.74 Å². The van der Waals surface area contributed by atoms with E-state index in [0.29, 0.717) is 27.2 Å². The maximum atomic E-state index is 5.93. The van der Waals surface area contributed by atoms with Crippen molar-refractivity contribution in [1.82, 2.24) is 15.0 Å². The van der Waals surface area contributed by atoms with Crippen LogP contribution in [0.3, 0.4) is 0 Å². The van der Waals surface area contributed by atoms with Gasteiger partial charge in [0.2, 0.25) is 0 Å². The highest BCUT2D eigenvalue weighted by Gasteiger charge is 2.06. The Balaban J connectivity index is 1.73. The van der Waals surface area contributed by atoms with Gasteiger partial charge in [-0.05, 0) is 36.5 Å². The van der Waals surface area contributed by atoms with E-state index in [1.54, 1.807) is 24.4 Å². The molecule has 0 atom stereocenters. The smallest absolute Gasteiger partial charge is 0.197 e. The first kappa shape index (κ1) is 15.4. The number of hydrogen-bond donors (Lipinski definition) is 1. The number of rotatable bonds is 4. The van der Waals surface area contributed by atoms with Crippen LogP contribution in [0.5, 0.6) is 5.75 Å². The predicted octanol–water partition coefficient (Wildman–Crippen LogP) is 5.15. The molecule has 4 nitrogen and oxygen atoms in total. The molecule has 2 heterocycles. The second kappa shape index (κ2) is 6.75. The molecule has 0 aliphatic rings. The van der Waals surface area contributed by atoms with Gasteiger partial charge in [-0.15, -0.1) is 11.3 Å². The molecule has 8 heteroatoms. The van der Waals surface area contributed by atoms with Crippen LogP contribution in [0.2, 0.25) is 10.0 Å². The number of halogens is 2. The summed E-state index contributed by atoms with van der Waals surface area (Å²) < 4.78 is 6.09. The van der Waals surface area contributed by atoms with Crippen LogP contribution in [0.1, 0.15) is 5.01 Å². The number of aromatic nitrogens is 3. The van der Waals surface area contributed by atoms with Crippen LogP contribution >= 0.6 is 46.8 Å². The molecule has 1 aromatic carbocycles. The van der Waals surface area contributed by atoms with E-state index in [0.717, 1.165) is 16.4 Å². The van der Waals surface area contributed by atoms with Crippen LogP contribution in [-0.2, 0) is 6.61 Å². The number of nitrogens with one attached hydrogen (secondary N) is 1. The first-order valence-electron chi connectivity index (χ1n) is 6.19. The fraction of sp³-hybridized carbons (Fsp3) is 0.0714. The third-order valence-corrected chi connectivity index (χ3v) is 4.17. The Kier molecular flexibility index (Phi) is 4.73. The van der Waals surface area contributed by atoms with Gasteiger partial charge >= 0.3 is 0 Å². The zero-order valence-electron chi connectivity index (χ0n) is 11.0. The van der Waals surface area contributed by atoms with Gasteiger partial charge < -0.3 is 9.72 Å². The van der Waals surface area contributed by atoms with Crippen molar-refractivity contribution in [2.75, 3.05) is 0 Å². The molecular weight excluding hydrogens is 361 g/mol. The minimum Gasteiger partial charge on any atom is -0.486 e. The van der Waals surface area contributed by atoms with Gasteiger partial charge in [-0.25, -0.2) is 9.97 Å². The molecule has 0 amide bonds. The average molecular weight is 370 g/mol. The third-order valence-electron chi connectivity index (χ3n) is 2.70. The highest BCUT2D eigenvalue weighted by atomic mass is 35.5. The van der Waals surface area contributed by atoms with Crippen molar-refractivity contribution in [3.63, 3.8) is 0 Å². The van der Waals surface area contributed by atoms with Crippen molar-refractivity contribution in [2.24, 2.45) is 0 Å². The highest BCUT2D eigenvalue weighted by molar-refractivity contribution is 7.71. The molecule has 1 N–H and O–H groups in total. The van der Waals surface area contributed by atoms with E-state index >= 15 is 0 Å². The minimum atomic E-state index is 0.340. The second-order valence-electron chi connectivity index (χ2n) is 4.31. The van der Waals surface area contributed by atoms with Gasteiger partial charge in [0.25, 0.3) is 0 Å². The SMILES string of the molecule is S=c1nccc(-c2csc(COc3cc(Cl)cc(Cl)c3)n2)[nH]1. The molecule has 0 spiro atoms. The summed E-state index contributed by atoms with van der Waals surface area (Å²) in [6, 6.07) is 6.90. The average Bonchev–Trinajstić information content (AvgIpc) is 2.93. The Morgan fingerprint density at radius 1 is 1.23 bits per heavy atom. The van der Waals surface area contributed by atoms with E-state index in [4.69, 9.17) is 40.2 Å². The Labute approximate surface area is 145 Å². The Morgan fingerprint density at radius 2 is 2.00 bits per heavy atom. The van der Waals surface area contributed by atoms with E-state index in [9.17, 15) is 0 Å². The third kappa shape index (κ3) is 3.84. The maximum absolute atomic E-state index is 5.93. The van der Waals surface area contributed by atoms with E-state index in [1.165, 1.54) is 11.3 Å². The maximum Gasteiger partial charge on any atom is 0.197 e. The Bertz CT molecular complexity index is 843. The molecule has 0 radical (unpaired) electrons. The summed E-state index contributed by atoms with van der Waals surface area (Å²) in [6.07, 6.45) is 1.65. The molecule has 0 aliphatic carbocycles. The number of thiazole rings is 1. The predicted molar refractivity (Wildman–Crippen MR) is 91.3 cm³/mol. The molecule has 3 aromatic rings. The molecular formula is C14H9Cl2N3OS2. The van der Waals surface area contributed by atoms with Crippen LogP contribution in [0.15, 0.2) is 35.8 Å². The van der Waals surface area contributed by atoms with Crippen LogP contribution < -0.4 is 4.74 Å². The lowest BCUT2D eigenvalue weighted by atomic mass is 10.3. The van der Waals surface area contributed by atoms with Crippen LogP contribution in [0.4, 0.5) is 0 Å². The van der Waals surface area contributed by atoms with Crippen molar-refractivity contribution in [1.29, 1.82) is 0 Å². The fourth-order valence-electron chi connectivity index (χ4n) is 1.78. The fourth-order valence-corrected chi connectivity index (χ4v) is 3.16. The molecule has 0 fully saturated rings. The standard InChI is InChI=1S/C14H9Cl2N3OS2/c15-8-3-9(16)5-10(4-8)20-6-13-18-12(7-22-13)11-1-2-17-14(21)19-11/h1-5,7H,6H2,(H,17,19,21). The van der Waals surface area contributed by atoms with Crippen molar-refractivity contribution >= 4 is 46.8 Å².